The van der Waals surface area contributed by atoms with Gasteiger partial charge in [-0.1, -0.05) is 26.0 Å². The van der Waals surface area contributed by atoms with Gasteiger partial charge in [-0.05, 0) is 31.4 Å². The zero-order valence-electron chi connectivity index (χ0n) is 12.5. The van der Waals surface area contributed by atoms with E-state index in [1.165, 1.54) is 0 Å². The zero-order chi connectivity index (χ0) is 15.0. The van der Waals surface area contributed by atoms with E-state index in [4.69, 9.17) is 14.6 Å². The van der Waals surface area contributed by atoms with Gasteiger partial charge in [0.1, 0.15) is 11.3 Å². The van der Waals surface area contributed by atoms with Crippen molar-refractivity contribution in [2.45, 2.75) is 39.7 Å². The lowest BCUT2D eigenvalue weighted by Gasteiger charge is -2.15. The van der Waals surface area contributed by atoms with Crippen molar-refractivity contribution in [2.24, 2.45) is 5.92 Å². The molecule has 1 aromatic carbocycles. The summed E-state index contributed by atoms with van der Waals surface area (Å²) < 4.78 is 11.2. The van der Waals surface area contributed by atoms with Gasteiger partial charge in [-0.25, -0.2) is 4.79 Å². The monoisotopic (exact) mass is 280 g/mol. The quantitative estimate of drug-likeness (QED) is 0.702. The van der Waals surface area contributed by atoms with Crippen LogP contribution >= 0.6 is 0 Å². The first-order valence-electron chi connectivity index (χ1n) is 7.07. The van der Waals surface area contributed by atoms with Crippen LogP contribution in [0.25, 0.3) is 0 Å². The fraction of sp³-hybridized carbons (Fsp3) is 0.562. The van der Waals surface area contributed by atoms with E-state index in [1.54, 1.807) is 24.3 Å². The first kappa shape index (κ1) is 16.5. The van der Waals surface area contributed by atoms with Crippen molar-refractivity contribution in [2.75, 3.05) is 13.2 Å². The van der Waals surface area contributed by atoms with Gasteiger partial charge in [0.2, 0.25) is 0 Å². The number of aromatic carboxylic acids is 1. The number of para-hydroxylation sites is 1. The minimum absolute atomic E-state index is 0.196. The average Bonchev–Trinajstić information content (AvgIpc) is 2.37. The summed E-state index contributed by atoms with van der Waals surface area (Å²) in [6.45, 7) is 7.50. The molecule has 0 aliphatic rings. The Bertz CT molecular complexity index is 415. The molecule has 1 aromatic rings. The number of carbonyl (C=O) groups is 1. The largest absolute Gasteiger partial charge is 0.493 e. The van der Waals surface area contributed by atoms with Crippen LogP contribution in [0.2, 0.25) is 0 Å². The standard InChI is InChI=1S/C16H24O4/c1-12(2)11-13(3)19-9-6-10-20-15-8-5-4-7-14(15)16(17)18/h4-5,7-8,12-13H,6,9-11H2,1-3H3,(H,17,18). The van der Waals surface area contributed by atoms with Crippen LogP contribution in [-0.2, 0) is 4.74 Å². The topological polar surface area (TPSA) is 55.8 Å². The molecule has 0 fully saturated rings. The van der Waals surface area contributed by atoms with E-state index < -0.39 is 5.97 Å². The summed E-state index contributed by atoms with van der Waals surface area (Å²) in [6, 6.07) is 6.67. The van der Waals surface area contributed by atoms with Crippen LogP contribution in [0.1, 0.15) is 44.0 Å². The molecule has 0 saturated heterocycles. The Kier molecular flexibility index (Phi) is 7.09. The Labute approximate surface area is 120 Å². The van der Waals surface area contributed by atoms with E-state index in [-0.39, 0.29) is 11.7 Å². The van der Waals surface area contributed by atoms with Gasteiger partial charge in [0, 0.05) is 6.42 Å². The number of carboxylic acids is 1. The SMILES string of the molecule is CC(C)CC(C)OCCCOc1ccccc1C(=O)O. The molecular weight excluding hydrogens is 256 g/mol. The highest BCUT2D eigenvalue weighted by atomic mass is 16.5. The molecule has 0 aliphatic carbocycles. The predicted molar refractivity (Wildman–Crippen MR) is 78.4 cm³/mol. The van der Waals surface area contributed by atoms with Gasteiger partial charge in [-0.2, -0.15) is 0 Å². The smallest absolute Gasteiger partial charge is 0.339 e. The first-order chi connectivity index (χ1) is 9.50. The fourth-order valence-corrected chi connectivity index (χ4v) is 2.03. The van der Waals surface area contributed by atoms with Gasteiger partial charge in [0.05, 0.1) is 19.3 Å². The van der Waals surface area contributed by atoms with Crippen LogP contribution in [0.15, 0.2) is 24.3 Å². The number of hydrogen-bond donors (Lipinski definition) is 1. The highest BCUT2D eigenvalue weighted by molar-refractivity contribution is 5.90. The van der Waals surface area contributed by atoms with E-state index in [0.29, 0.717) is 24.9 Å². The molecule has 112 valence electrons. The maximum atomic E-state index is 11.0. The summed E-state index contributed by atoms with van der Waals surface area (Å²) in [5.74, 6) is 0.0707. The molecule has 0 saturated carbocycles. The summed E-state index contributed by atoms with van der Waals surface area (Å²) >= 11 is 0. The summed E-state index contributed by atoms with van der Waals surface area (Å²) in [5, 5.41) is 9.02. The number of benzene rings is 1. The van der Waals surface area contributed by atoms with Crippen molar-refractivity contribution in [1.29, 1.82) is 0 Å². The molecule has 0 spiro atoms. The Morgan fingerprint density at radius 2 is 1.90 bits per heavy atom. The van der Waals surface area contributed by atoms with E-state index in [2.05, 4.69) is 20.8 Å². The van der Waals surface area contributed by atoms with Crippen LogP contribution in [0, 0.1) is 5.92 Å². The molecule has 1 N–H and O–H groups in total. The molecule has 0 aliphatic heterocycles. The summed E-state index contributed by atoms with van der Waals surface area (Å²) in [4.78, 5) is 11.0. The van der Waals surface area contributed by atoms with E-state index >= 15 is 0 Å². The lowest BCUT2D eigenvalue weighted by atomic mass is 10.1. The third-order valence-corrected chi connectivity index (χ3v) is 2.87. The molecule has 0 aromatic heterocycles. The Morgan fingerprint density at radius 1 is 1.20 bits per heavy atom. The second-order valence-electron chi connectivity index (χ2n) is 5.31. The zero-order valence-corrected chi connectivity index (χ0v) is 12.5. The highest BCUT2D eigenvalue weighted by Gasteiger charge is 2.10. The van der Waals surface area contributed by atoms with Crippen LogP contribution in [0.4, 0.5) is 0 Å². The Morgan fingerprint density at radius 3 is 2.55 bits per heavy atom. The Hall–Kier alpha value is -1.55. The van der Waals surface area contributed by atoms with Crippen LogP contribution in [0.3, 0.4) is 0 Å². The number of rotatable bonds is 9. The van der Waals surface area contributed by atoms with Crippen molar-refractivity contribution in [3.63, 3.8) is 0 Å². The molecule has 0 amide bonds. The molecule has 1 unspecified atom stereocenters. The van der Waals surface area contributed by atoms with Crippen molar-refractivity contribution in [3.05, 3.63) is 29.8 Å². The van der Waals surface area contributed by atoms with E-state index in [0.717, 1.165) is 12.8 Å². The third kappa shape index (κ3) is 6.06. The van der Waals surface area contributed by atoms with Crippen LogP contribution in [0.5, 0.6) is 5.75 Å². The van der Waals surface area contributed by atoms with Crippen molar-refractivity contribution in [1.82, 2.24) is 0 Å². The molecule has 0 bridgehead atoms. The van der Waals surface area contributed by atoms with Gasteiger partial charge < -0.3 is 14.6 Å². The molecule has 4 heteroatoms. The van der Waals surface area contributed by atoms with Crippen LogP contribution < -0.4 is 4.74 Å². The van der Waals surface area contributed by atoms with Gasteiger partial charge in [-0.3, -0.25) is 0 Å². The average molecular weight is 280 g/mol. The maximum Gasteiger partial charge on any atom is 0.339 e. The normalized spacial score (nSPS) is 12.4. The molecule has 0 radical (unpaired) electrons. The lowest BCUT2D eigenvalue weighted by Crippen LogP contribution is -2.14. The summed E-state index contributed by atoms with van der Waals surface area (Å²) in [7, 11) is 0. The van der Waals surface area contributed by atoms with E-state index in [1.807, 2.05) is 0 Å². The van der Waals surface area contributed by atoms with Crippen LogP contribution in [-0.4, -0.2) is 30.4 Å². The predicted octanol–water partition coefficient (Wildman–Crippen LogP) is 3.60. The maximum absolute atomic E-state index is 11.0. The van der Waals surface area contributed by atoms with Gasteiger partial charge in [0.25, 0.3) is 0 Å². The second-order valence-corrected chi connectivity index (χ2v) is 5.31. The van der Waals surface area contributed by atoms with Crippen molar-refractivity contribution >= 4 is 5.97 Å². The van der Waals surface area contributed by atoms with E-state index in [9.17, 15) is 4.79 Å². The van der Waals surface area contributed by atoms with Gasteiger partial charge >= 0.3 is 5.97 Å². The summed E-state index contributed by atoms with van der Waals surface area (Å²) in [6.07, 6.45) is 2.04. The number of carboxylic acid groups (broad SMARTS) is 1. The highest BCUT2D eigenvalue weighted by Crippen LogP contribution is 2.17. The molecule has 20 heavy (non-hydrogen) atoms. The first-order valence-corrected chi connectivity index (χ1v) is 7.07. The molecular formula is C16H24O4. The minimum Gasteiger partial charge on any atom is -0.493 e. The molecule has 1 atom stereocenters. The number of ether oxygens (including phenoxy) is 2. The fourth-order valence-electron chi connectivity index (χ4n) is 2.03. The Balaban J connectivity index is 2.26. The van der Waals surface area contributed by atoms with Gasteiger partial charge in [-0.15, -0.1) is 0 Å². The van der Waals surface area contributed by atoms with Gasteiger partial charge in [0.15, 0.2) is 0 Å². The lowest BCUT2D eigenvalue weighted by molar-refractivity contribution is 0.0446. The molecule has 4 nitrogen and oxygen atoms in total. The second kappa shape index (κ2) is 8.59. The molecule has 0 heterocycles. The summed E-state index contributed by atoms with van der Waals surface area (Å²) in [5.41, 5.74) is 0.196. The van der Waals surface area contributed by atoms with Crippen molar-refractivity contribution < 1.29 is 19.4 Å². The number of hydrogen-bond acceptors (Lipinski definition) is 3. The van der Waals surface area contributed by atoms with Crippen molar-refractivity contribution in [3.8, 4) is 5.75 Å². The molecule has 1 rings (SSSR count). The minimum atomic E-state index is -0.970. The third-order valence-electron chi connectivity index (χ3n) is 2.87.